The number of amides is 1. The average molecular weight is 323 g/mol. The first-order chi connectivity index (χ1) is 11.6. The van der Waals surface area contributed by atoms with Gasteiger partial charge in [-0.15, -0.1) is 0 Å². The summed E-state index contributed by atoms with van der Waals surface area (Å²) < 4.78 is 27.1. The van der Waals surface area contributed by atoms with Crippen LogP contribution in [0, 0.1) is 11.6 Å². The second kappa shape index (κ2) is 4.39. The van der Waals surface area contributed by atoms with Crippen molar-refractivity contribution < 1.29 is 18.7 Å². The van der Waals surface area contributed by atoms with Gasteiger partial charge in [-0.1, -0.05) is 12.1 Å². The highest BCUT2D eigenvalue weighted by atomic mass is 19.1. The number of rotatable bonds is 0. The first kappa shape index (κ1) is 13.6. The lowest BCUT2D eigenvalue weighted by Crippen LogP contribution is -2.38. The van der Waals surface area contributed by atoms with Gasteiger partial charge >= 0.3 is 0 Å². The molecule has 5 rings (SSSR count). The molecule has 1 amide bonds. The molecule has 2 aliphatic heterocycles. The molecule has 24 heavy (non-hydrogen) atoms. The monoisotopic (exact) mass is 323 g/mol. The van der Waals surface area contributed by atoms with Gasteiger partial charge in [0.2, 0.25) is 0 Å². The molecule has 0 saturated carbocycles. The first-order valence-corrected chi connectivity index (χ1v) is 7.59. The zero-order valence-electron chi connectivity index (χ0n) is 12.3. The molecule has 5 heteroatoms. The summed E-state index contributed by atoms with van der Waals surface area (Å²) in [5.41, 5.74) is 3.53. The molecule has 1 N–H and O–H groups in total. The SMILES string of the molecule is O=C1c2cc(F)ccc2C2=CC=C3c4ccc(F)cc4[C@H](O)[C@H]3N12. The van der Waals surface area contributed by atoms with E-state index in [0.717, 1.165) is 11.1 Å². The highest BCUT2D eigenvalue weighted by molar-refractivity contribution is 6.12. The average Bonchev–Trinajstić information content (AvgIpc) is 3.01. The van der Waals surface area contributed by atoms with Crippen LogP contribution in [-0.2, 0) is 0 Å². The van der Waals surface area contributed by atoms with E-state index in [9.17, 15) is 18.7 Å². The highest BCUT2D eigenvalue weighted by Crippen LogP contribution is 2.50. The number of aliphatic hydroxyl groups excluding tert-OH is 1. The standard InChI is InChI=1S/C19H11F2NO2/c20-9-1-3-11-13-5-6-16-12-4-2-10(21)8-15(12)19(24)22(16)17(13)18(23)14(11)7-9/h1-8,17-18,23H/t17-,18-/m0/s1. The molecule has 2 aromatic rings. The third-order valence-corrected chi connectivity index (χ3v) is 4.93. The highest BCUT2D eigenvalue weighted by Gasteiger charge is 2.47. The van der Waals surface area contributed by atoms with E-state index < -0.39 is 23.8 Å². The molecule has 0 saturated heterocycles. The normalized spacial score (nSPS) is 23.3. The van der Waals surface area contributed by atoms with Crippen LogP contribution in [0.15, 0.2) is 48.6 Å². The Morgan fingerprint density at radius 2 is 1.62 bits per heavy atom. The van der Waals surface area contributed by atoms with Gasteiger partial charge in [-0.05, 0) is 53.1 Å². The fourth-order valence-corrected chi connectivity index (χ4v) is 3.91. The van der Waals surface area contributed by atoms with Crippen LogP contribution in [0.4, 0.5) is 8.78 Å². The Bertz CT molecular complexity index is 993. The van der Waals surface area contributed by atoms with E-state index >= 15 is 0 Å². The topological polar surface area (TPSA) is 40.5 Å². The number of carbonyl (C=O) groups is 1. The van der Waals surface area contributed by atoms with Crippen molar-refractivity contribution in [2.75, 3.05) is 0 Å². The van der Waals surface area contributed by atoms with Gasteiger partial charge in [0.25, 0.3) is 5.91 Å². The minimum Gasteiger partial charge on any atom is -0.386 e. The summed E-state index contributed by atoms with van der Waals surface area (Å²) in [6.07, 6.45) is 2.61. The van der Waals surface area contributed by atoms with Crippen LogP contribution in [0.1, 0.15) is 33.2 Å². The van der Waals surface area contributed by atoms with E-state index in [0.29, 0.717) is 16.8 Å². The molecule has 0 unspecified atom stereocenters. The number of carbonyl (C=O) groups excluding carboxylic acids is 1. The van der Waals surface area contributed by atoms with E-state index in [2.05, 4.69) is 0 Å². The van der Waals surface area contributed by atoms with E-state index in [1.165, 1.54) is 29.2 Å². The van der Waals surface area contributed by atoms with Gasteiger partial charge in [0.1, 0.15) is 17.7 Å². The van der Waals surface area contributed by atoms with E-state index in [1.807, 2.05) is 6.08 Å². The van der Waals surface area contributed by atoms with Gasteiger partial charge in [-0.25, -0.2) is 8.78 Å². The van der Waals surface area contributed by atoms with Crippen LogP contribution in [0.3, 0.4) is 0 Å². The maximum atomic E-state index is 13.6. The number of allylic oxidation sites excluding steroid dienone is 2. The van der Waals surface area contributed by atoms with Gasteiger partial charge in [-0.3, -0.25) is 9.69 Å². The van der Waals surface area contributed by atoms with Crippen molar-refractivity contribution in [1.82, 2.24) is 4.90 Å². The lowest BCUT2D eigenvalue weighted by molar-refractivity contribution is 0.0688. The van der Waals surface area contributed by atoms with Crippen molar-refractivity contribution in [2.24, 2.45) is 0 Å². The summed E-state index contributed by atoms with van der Waals surface area (Å²) in [7, 11) is 0. The lowest BCUT2D eigenvalue weighted by atomic mass is 9.99. The number of hydrogen-bond acceptors (Lipinski definition) is 2. The van der Waals surface area contributed by atoms with E-state index in [-0.39, 0.29) is 11.5 Å². The van der Waals surface area contributed by atoms with Crippen molar-refractivity contribution in [3.05, 3.63) is 82.4 Å². The van der Waals surface area contributed by atoms with Crippen LogP contribution in [0.25, 0.3) is 11.3 Å². The number of nitrogens with zero attached hydrogens (tertiary/aromatic N) is 1. The largest absolute Gasteiger partial charge is 0.386 e. The van der Waals surface area contributed by atoms with Gasteiger partial charge < -0.3 is 5.11 Å². The second-order valence-corrected chi connectivity index (χ2v) is 6.16. The molecule has 118 valence electrons. The Balaban J connectivity index is 1.71. The summed E-state index contributed by atoms with van der Waals surface area (Å²) in [6.45, 7) is 0. The number of aliphatic hydroxyl groups is 1. The summed E-state index contributed by atoms with van der Waals surface area (Å²) in [4.78, 5) is 14.3. The van der Waals surface area contributed by atoms with Crippen molar-refractivity contribution >= 4 is 17.2 Å². The van der Waals surface area contributed by atoms with Crippen LogP contribution in [0.5, 0.6) is 0 Å². The first-order valence-electron chi connectivity index (χ1n) is 7.59. The van der Waals surface area contributed by atoms with Crippen molar-refractivity contribution in [2.45, 2.75) is 12.1 Å². The van der Waals surface area contributed by atoms with Crippen LogP contribution in [-0.4, -0.2) is 22.0 Å². The predicted octanol–water partition coefficient (Wildman–Crippen LogP) is 3.27. The van der Waals surface area contributed by atoms with Gasteiger partial charge in [0.05, 0.1) is 17.3 Å². The molecule has 0 aromatic heterocycles. The number of halogens is 2. The zero-order chi connectivity index (χ0) is 16.6. The minimum absolute atomic E-state index is 0.283. The van der Waals surface area contributed by atoms with Crippen molar-refractivity contribution in [3.8, 4) is 0 Å². The summed E-state index contributed by atoms with van der Waals surface area (Å²) in [6, 6.07) is 7.73. The maximum Gasteiger partial charge on any atom is 0.259 e. The number of hydrogen-bond donors (Lipinski definition) is 1. The zero-order valence-corrected chi connectivity index (χ0v) is 12.3. The molecule has 0 bridgehead atoms. The molecule has 2 atom stereocenters. The number of fused-ring (bicyclic) bond motifs is 7. The molecule has 0 radical (unpaired) electrons. The molecule has 0 spiro atoms. The predicted molar refractivity (Wildman–Crippen MR) is 83.7 cm³/mol. The van der Waals surface area contributed by atoms with Gasteiger partial charge in [0, 0.05) is 5.56 Å². The molecular formula is C19H11F2NO2. The summed E-state index contributed by atoms with van der Waals surface area (Å²) in [5, 5.41) is 10.7. The fourth-order valence-electron chi connectivity index (χ4n) is 3.91. The van der Waals surface area contributed by atoms with Crippen LogP contribution >= 0.6 is 0 Å². The van der Waals surface area contributed by atoms with Gasteiger partial charge in [0.15, 0.2) is 0 Å². The van der Waals surface area contributed by atoms with E-state index in [1.54, 1.807) is 18.2 Å². The molecule has 3 aliphatic rings. The fraction of sp³-hybridized carbons (Fsp3) is 0.105. The molecule has 3 nitrogen and oxygen atoms in total. The minimum atomic E-state index is -1.02. The third-order valence-electron chi connectivity index (χ3n) is 4.93. The summed E-state index contributed by atoms with van der Waals surface area (Å²) >= 11 is 0. The Labute approximate surface area is 136 Å². The molecular weight excluding hydrogens is 312 g/mol. The molecule has 2 heterocycles. The van der Waals surface area contributed by atoms with E-state index in [4.69, 9.17) is 0 Å². The Morgan fingerprint density at radius 3 is 2.42 bits per heavy atom. The smallest absolute Gasteiger partial charge is 0.259 e. The second-order valence-electron chi connectivity index (χ2n) is 6.16. The Kier molecular flexibility index (Phi) is 2.49. The van der Waals surface area contributed by atoms with Crippen molar-refractivity contribution in [1.29, 1.82) is 0 Å². The molecule has 0 fully saturated rings. The third kappa shape index (κ3) is 1.55. The van der Waals surface area contributed by atoms with Crippen LogP contribution in [0.2, 0.25) is 0 Å². The van der Waals surface area contributed by atoms with Gasteiger partial charge in [-0.2, -0.15) is 0 Å². The maximum absolute atomic E-state index is 13.6. The lowest BCUT2D eigenvalue weighted by Gasteiger charge is -2.32. The summed E-state index contributed by atoms with van der Waals surface area (Å²) in [5.74, 6) is -1.26. The van der Waals surface area contributed by atoms with Crippen LogP contribution < -0.4 is 0 Å². The number of benzene rings is 2. The quantitative estimate of drug-likeness (QED) is 0.808. The Hall–Kier alpha value is -2.79. The molecule has 2 aromatic carbocycles. The Morgan fingerprint density at radius 1 is 0.917 bits per heavy atom. The molecule has 1 aliphatic carbocycles. The van der Waals surface area contributed by atoms with Crippen molar-refractivity contribution in [3.63, 3.8) is 0 Å².